The number of ether oxygens (including phenoxy) is 1. The van der Waals surface area contributed by atoms with Crippen LogP contribution in [0.4, 0.5) is 0 Å². The highest BCUT2D eigenvalue weighted by atomic mass is 16.5. The van der Waals surface area contributed by atoms with E-state index in [0.29, 0.717) is 12.5 Å². The zero-order valence-corrected chi connectivity index (χ0v) is 9.65. The van der Waals surface area contributed by atoms with Crippen LogP contribution in [-0.4, -0.2) is 17.6 Å². The average Bonchev–Trinajstić information content (AvgIpc) is 3.11. The first kappa shape index (κ1) is 11.1. The fourth-order valence-electron chi connectivity index (χ4n) is 1.42. The van der Waals surface area contributed by atoms with Crippen molar-refractivity contribution in [3.8, 4) is 5.88 Å². The number of pyridine rings is 1. The smallest absolute Gasteiger partial charge is 0.213 e. The van der Waals surface area contributed by atoms with Gasteiger partial charge in [0.2, 0.25) is 5.88 Å². The molecule has 1 aliphatic carbocycles. The molecule has 0 aliphatic heterocycles. The Bertz CT molecular complexity index is 359. The van der Waals surface area contributed by atoms with Crippen LogP contribution in [0.1, 0.15) is 25.3 Å². The van der Waals surface area contributed by atoms with Gasteiger partial charge in [0.15, 0.2) is 0 Å². The molecule has 1 aliphatic rings. The Balaban J connectivity index is 1.84. The van der Waals surface area contributed by atoms with Crippen molar-refractivity contribution in [2.24, 2.45) is 0 Å². The predicted octanol–water partition coefficient (Wildman–Crippen LogP) is 2.29. The summed E-state index contributed by atoms with van der Waals surface area (Å²) in [7, 11) is 0. The van der Waals surface area contributed by atoms with Crippen LogP contribution in [0.2, 0.25) is 0 Å². The Morgan fingerprint density at radius 3 is 3.19 bits per heavy atom. The highest BCUT2D eigenvalue weighted by molar-refractivity contribution is 5.20. The van der Waals surface area contributed by atoms with E-state index in [1.165, 1.54) is 18.4 Å². The summed E-state index contributed by atoms with van der Waals surface area (Å²) in [6.45, 7) is 3.48. The fraction of sp³-hybridized carbons (Fsp3) is 0.462. The molecular weight excluding hydrogens is 200 g/mol. The number of hydrogen-bond acceptors (Lipinski definition) is 3. The molecule has 1 heterocycles. The quantitative estimate of drug-likeness (QED) is 0.744. The van der Waals surface area contributed by atoms with Gasteiger partial charge in [0, 0.05) is 24.8 Å². The molecule has 0 radical (unpaired) electrons. The number of allylic oxidation sites excluding steroid dienone is 1. The number of nitrogens with one attached hydrogen (secondary N) is 1. The van der Waals surface area contributed by atoms with Crippen LogP contribution < -0.4 is 10.1 Å². The lowest BCUT2D eigenvalue weighted by Gasteiger charge is -2.05. The van der Waals surface area contributed by atoms with E-state index in [9.17, 15) is 0 Å². The fourth-order valence-corrected chi connectivity index (χ4v) is 1.42. The molecule has 1 N–H and O–H groups in total. The summed E-state index contributed by atoms with van der Waals surface area (Å²) >= 11 is 0. The maximum atomic E-state index is 5.48. The molecule has 0 amide bonds. The normalized spacial score (nSPS) is 15.6. The lowest BCUT2D eigenvalue weighted by Crippen LogP contribution is -2.15. The predicted molar refractivity (Wildman–Crippen MR) is 64.4 cm³/mol. The first-order valence-corrected chi connectivity index (χ1v) is 5.81. The Labute approximate surface area is 96.5 Å². The van der Waals surface area contributed by atoms with Gasteiger partial charge in [-0.3, -0.25) is 0 Å². The van der Waals surface area contributed by atoms with E-state index in [-0.39, 0.29) is 0 Å². The van der Waals surface area contributed by atoms with Crippen molar-refractivity contribution in [1.82, 2.24) is 10.3 Å². The van der Waals surface area contributed by atoms with Crippen molar-refractivity contribution >= 4 is 0 Å². The van der Waals surface area contributed by atoms with Gasteiger partial charge in [0.25, 0.3) is 0 Å². The van der Waals surface area contributed by atoms with Gasteiger partial charge in [0.05, 0.1) is 0 Å². The largest absolute Gasteiger partial charge is 0.473 e. The zero-order chi connectivity index (χ0) is 11.2. The van der Waals surface area contributed by atoms with Gasteiger partial charge < -0.3 is 10.1 Å². The Morgan fingerprint density at radius 1 is 1.56 bits per heavy atom. The highest BCUT2D eigenvalue weighted by Gasteiger charge is 2.19. The molecule has 0 saturated heterocycles. The molecule has 0 unspecified atom stereocenters. The van der Waals surface area contributed by atoms with Gasteiger partial charge >= 0.3 is 0 Å². The summed E-state index contributed by atoms with van der Waals surface area (Å²) in [5.74, 6) is 0.702. The lowest BCUT2D eigenvalue weighted by molar-refractivity contribution is 0.347. The Hall–Kier alpha value is -1.35. The summed E-state index contributed by atoms with van der Waals surface area (Å²) in [6.07, 6.45) is 8.37. The van der Waals surface area contributed by atoms with Gasteiger partial charge in [-0.05, 0) is 31.4 Å². The molecule has 3 nitrogen and oxygen atoms in total. The second-order valence-electron chi connectivity index (χ2n) is 4.04. The van der Waals surface area contributed by atoms with Crippen molar-refractivity contribution in [2.45, 2.75) is 32.4 Å². The van der Waals surface area contributed by atoms with Crippen molar-refractivity contribution < 1.29 is 4.74 Å². The summed E-state index contributed by atoms with van der Waals surface area (Å²) in [5.41, 5.74) is 1.23. The molecule has 86 valence electrons. The van der Waals surface area contributed by atoms with Crippen LogP contribution in [0.5, 0.6) is 5.88 Å². The summed E-state index contributed by atoms with van der Waals surface area (Å²) in [4.78, 5) is 4.17. The molecule has 16 heavy (non-hydrogen) atoms. The molecule has 1 aromatic rings. The molecule has 1 fully saturated rings. The van der Waals surface area contributed by atoms with Crippen LogP contribution in [0.15, 0.2) is 30.5 Å². The van der Waals surface area contributed by atoms with Crippen LogP contribution in [0.25, 0.3) is 0 Å². The molecular formula is C13H18N2O. The van der Waals surface area contributed by atoms with Crippen molar-refractivity contribution in [3.63, 3.8) is 0 Å². The van der Waals surface area contributed by atoms with Crippen molar-refractivity contribution in [3.05, 3.63) is 36.0 Å². The topological polar surface area (TPSA) is 34.1 Å². The van der Waals surface area contributed by atoms with Crippen LogP contribution >= 0.6 is 0 Å². The van der Waals surface area contributed by atoms with E-state index in [2.05, 4.69) is 10.3 Å². The van der Waals surface area contributed by atoms with E-state index >= 15 is 0 Å². The Kier molecular flexibility index (Phi) is 3.94. The first-order chi connectivity index (χ1) is 7.88. The van der Waals surface area contributed by atoms with E-state index in [4.69, 9.17) is 4.74 Å². The molecule has 2 rings (SSSR count). The Morgan fingerprint density at radius 2 is 2.44 bits per heavy atom. The molecule has 0 atom stereocenters. The van der Waals surface area contributed by atoms with E-state index in [0.717, 1.165) is 12.6 Å². The number of aromatic nitrogens is 1. The second-order valence-corrected chi connectivity index (χ2v) is 4.04. The SMILES string of the molecule is CC=CCOc1cc(CNC2CC2)ccn1. The van der Waals surface area contributed by atoms with E-state index in [1.54, 1.807) is 6.20 Å². The third-order valence-corrected chi connectivity index (χ3v) is 2.53. The summed E-state index contributed by atoms with van der Waals surface area (Å²) in [5, 5.41) is 3.47. The third-order valence-electron chi connectivity index (χ3n) is 2.53. The van der Waals surface area contributed by atoms with Crippen LogP contribution in [-0.2, 0) is 6.54 Å². The second kappa shape index (κ2) is 5.66. The van der Waals surface area contributed by atoms with Crippen LogP contribution in [0.3, 0.4) is 0 Å². The summed E-state index contributed by atoms with van der Waals surface area (Å²) in [6, 6.07) is 4.76. The van der Waals surface area contributed by atoms with Crippen molar-refractivity contribution in [2.75, 3.05) is 6.61 Å². The van der Waals surface area contributed by atoms with Gasteiger partial charge in [-0.15, -0.1) is 0 Å². The first-order valence-electron chi connectivity index (χ1n) is 5.81. The van der Waals surface area contributed by atoms with E-state index in [1.807, 2.05) is 31.2 Å². The minimum atomic E-state index is 0.586. The number of rotatable bonds is 6. The van der Waals surface area contributed by atoms with E-state index < -0.39 is 0 Å². The molecule has 1 aromatic heterocycles. The molecule has 1 saturated carbocycles. The molecule has 0 aromatic carbocycles. The monoisotopic (exact) mass is 218 g/mol. The minimum absolute atomic E-state index is 0.586. The van der Waals surface area contributed by atoms with Crippen molar-refractivity contribution in [1.29, 1.82) is 0 Å². The number of hydrogen-bond donors (Lipinski definition) is 1. The highest BCUT2D eigenvalue weighted by Crippen LogP contribution is 2.19. The lowest BCUT2D eigenvalue weighted by atomic mass is 10.2. The maximum Gasteiger partial charge on any atom is 0.213 e. The van der Waals surface area contributed by atoms with Gasteiger partial charge in [-0.1, -0.05) is 12.2 Å². The maximum absolute atomic E-state index is 5.48. The third kappa shape index (κ3) is 3.66. The number of nitrogens with zero attached hydrogens (tertiary/aromatic N) is 1. The van der Waals surface area contributed by atoms with Crippen LogP contribution in [0, 0.1) is 0 Å². The molecule has 0 bridgehead atoms. The standard InChI is InChI=1S/C13H18N2O/c1-2-3-8-16-13-9-11(6-7-14-13)10-15-12-4-5-12/h2-3,6-7,9,12,15H,4-5,8,10H2,1H3. The van der Waals surface area contributed by atoms with Gasteiger partial charge in [-0.2, -0.15) is 0 Å². The molecule has 0 spiro atoms. The molecule has 3 heteroatoms. The summed E-state index contributed by atoms with van der Waals surface area (Å²) < 4.78 is 5.48. The average molecular weight is 218 g/mol. The van der Waals surface area contributed by atoms with Gasteiger partial charge in [-0.25, -0.2) is 4.98 Å². The zero-order valence-electron chi connectivity index (χ0n) is 9.65. The van der Waals surface area contributed by atoms with Gasteiger partial charge in [0.1, 0.15) is 6.61 Å². The minimum Gasteiger partial charge on any atom is -0.473 e.